The molecule has 0 radical (unpaired) electrons. The van der Waals surface area contributed by atoms with Crippen molar-refractivity contribution >= 4 is 17.2 Å². The van der Waals surface area contributed by atoms with Crippen LogP contribution in [0.5, 0.6) is 0 Å². The second-order valence-corrected chi connectivity index (χ2v) is 4.78. The number of hydrogen-bond donors (Lipinski definition) is 1. The van der Waals surface area contributed by atoms with E-state index in [1.165, 1.54) is 0 Å². The summed E-state index contributed by atoms with van der Waals surface area (Å²) >= 11 is 1.63. The van der Waals surface area contributed by atoms with Crippen molar-refractivity contribution in [3.8, 4) is 11.3 Å². The Bertz CT molecular complexity index is 516. The van der Waals surface area contributed by atoms with Gasteiger partial charge in [-0.25, -0.2) is 0 Å². The van der Waals surface area contributed by atoms with E-state index in [-0.39, 0.29) is 5.91 Å². The highest BCUT2D eigenvalue weighted by molar-refractivity contribution is 7.08. The molecule has 0 atom stereocenters. The van der Waals surface area contributed by atoms with Crippen LogP contribution in [0.3, 0.4) is 0 Å². The number of amides is 1. The number of nitrogens with one attached hydrogen (secondary N) is 1. The van der Waals surface area contributed by atoms with Gasteiger partial charge in [0.1, 0.15) is 5.69 Å². The Morgan fingerprint density at radius 2 is 2.33 bits per heavy atom. The van der Waals surface area contributed by atoms with Crippen LogP contribution in [0.15, 0.2) is 22.9 Å². The Morgan fingerprint density at radius 1 is 1.50 bits per heavy atom. The van der Waals surface area contributed by atoms with Gasteiger partial charge in [0.25, 0.3) is 5.91 Å². The average molecular weight is 263 g/mol. The first-order chi connectivity index (χ1) is 8.76. The predicted molar refractivity (Wildman–Crippen MR) is 73.8 cm³/mol. The van der Waals surface area contributed by atoms with E-state index in [4.69, 9.17) is 0 Å². The van der Waals surface area contributed by atoms with Crippen molar-refractivity contribution < 1.29 is 4.79 Å². The first kappa shape index (κ1) is 12.8. The van der Waals surface area contributed by atoms with Gasteiger partial charge in [0.2, 0.25) is 0 Å². The zero-order valence-corrected chi connectivity index (χ0v) is 11.5. The van der Waals surface area contributed by atoms with Crippen molar-refractivity contribution in [2.45, 2.75) is 26.8 Å². The number of aryl methyl sites for hydroxylation is 1. The highest BCUT2D eigenvalue weighted by atomic mass is 32.1. The van der Waals surface area contributed by atoms with Crippen molar-refractivity contribution in [2.24, 2.45) is 0 Å². The van der Waals surface area contributed by atoms with E-state index in [9.17, 15) is 4.79 Å². The van der Waals surface area contributed by atoms with Crippen LogP contribution in [0.4, 0.5) is 0 Å². The van der Waals surface area contributed by atoms with Gasteiger partial charge < -0.3 is 5.32 Å². The van der Waals surface area contributed by atoms with Crippen LogP contribution in [-0.2, 0) is 6.54 Å². The number of thiophene rings is 1. The van der Waals surface area contributed by atoms with Crippen molar-refractivity contribution in [3.05, 3.63) is 28.6 Å². The van der Waals surface area contributed by atoms with Gasteiger partial charge in [-0.2, -0.15) is 16.4 Å². The monoisotopic (exact) mass is 263 g/mol. The fourth-order valence-corrected chi connectivity index (χ4v) is 2.37. The Hall–Kier alpha value is -1.62. The number of rotatable bonds is 5. The Balaban J connectivity index is 2.27. The van der Waals surface area contributed by atoms with Gasteiger partial charge >= 0.3 is 0 Å². The third kappa shape index (κ3) is 2.61. The van der Waals surface area contributed by atoms with Crippen LogP contribution < -0.4 is 5.32 Å². The summed E-state index contributed by atoms with van der Waals surface area (Å²) in [5.41, 5.74) is 2.56. The van der Waals surface area contributed by atoms with E-state index in [0.29, 0.717) is 18.8 Å². The molecular weight excluding hydrogens is 246 g/mol. The third-order valence-corrected chi connectivity index (χ3v) is 3.35. The summed E-state index contributed by atoms with van der Waals surface area (Å²) in [5, 5.41) is 11.4. The second-order valence-electron chi connectivity index (χ2n) is 4.00. The quantitative estimate of drug-likeness (QED) is 0.901. The normalized spacial score (nSPS) is 10.6. The van der Waals surface area contributed by atoms with Crippen LogP contribution in [0.1, 0.15) is 30.8 Å². The maximum Gasteiger partial charge on any atom is 0.269 e. The van der Waals surface area contributed by atoms with Gasteiger partial charge in [-0.05, 0) is 30.9 Å². The topological polar surface area (TPSA) is 46.9 Å². The molecule has 0 saturated heterocycles. The van der Waals surface area contributed by atoms with Crippen LogP contribution >= 0.6 is 11.3 Å². The largest absolute Gasteiger partial charge is 0.351 e. The first-order valence-electron chi connectivity index (χ1n) is 6.14. The van der Waals surface area contributed by atoms with E-state index in [0.717, 1.165) is 17.7 Å². The smallest absolute Gasteiger partial charge is 0.269 e. The van der Waals surface area contributed by atoms with E-state index >= 15 is 0 Å². The van der Waals surface area contributed by atoms with Crippen molar-refractivity contribution in [1.82, 2.24) is 15.1 Å². The SMILES string of the molecule is CCCNC(=O)c1cc(-c2ccsc2)nn1CC. The van der Waals surface area contributed by atoms with Gasteiger partial charge in [-0.15, -0.1) is 0 Å². The molecule has 1 amide bonds. The second kappa shape index (κ2) is 5.82. The fourth-order valence-electron chi connectivity index (χ4n) is 1.72. The van der Waals surface area contributed by atoms with Gasteiger partial charge in [0.15, 0.2) is 0 Å². The number of carbonyl (C=O) groups is 1. The molecule has 2 aromatic heterocycles. The molecule has 0 unspecified atom stereocenters. The minimum Gasteiger partial charge on any atom is -0.351 e. The molecule has 0 fully saturated rings. The molecule has 18 heavy (non-hydrogen) atoms. The summed E-state index contributed by atoms with van der Waals surface area (Å²) in [6, 6.07) is 3.87. The van der Waals surface area contributed by atoms with E-state index in [2.05, 4.69) is 10.4 Å². The molecule has 5 heteroatoms. The lowest BCUT2D eigenvalue weighted by Crippen LogP contribution is -2.26. The summed E-state index contributed by atoms with van der Waals surface area (Å²) in [5.74, 6) is -0.0484. The molecule has 0 saturated carbocycles. The summed E-state index contributed by atoms with van der Waals surface area (Å²) < 4.78 is 1.75. The summed E-state index contributed by atoms with van der Waals surface area (Å²) in [4.78, 5) is 12.0. The molecule has 0 aliphatic heterocycles. The highest BCUT2D eigenvalue weighted by Gasteiger charge is 2.14. The Morgan fingerprint density at radius 3 is 2.94 bits per heavy atom. The molecule has 0 aliphatic rings. The molecule has 2 heterocycles. The maximum absolute atomic E-state index is 12.0. The lowest BCUT2D eigenvalue weighted by atomic mass is 10.2. The van der Waals surface area contributed by atoms with Crippen LogP contribution in [0, 0.1) is 0 Å². The third-order valence-electron chi connectivity index (χ3n) is 2.66. The Labute approximate surface area is 111 Å². The van der Waals surface area contributed by atoms with Gasteiger partial charge in [-0.1, -0.05) is 6.92 Å². The van der Waals surface area contributed by atoms with Gasteiger partial charge in [0.05, 0.1) is 5.69 Å². The van der Waals surface area contributed by atoms with Gasteiger partial charge in [-0.3, -0.25) is 9.48 Å². The van der Waals surface area contributed by atoms with Crippen molar-refractivity contribution in [1.29, 1.82) is 0 Å². The lowest BCUT2D eigenvalue weighted by molar-refractivity contribution is 0.0943. The summed E-state index contributed by atoms with van der Waals surface area (Å²) in [7, 11) is 0. The van der Waals surface area contributed by atoms with Crippen LogP contribution in [0.2, 0.25) is 0 Å². The standard InChI is InChI=1S/C13H17N3OS/c1-3-6-14-13(17)12-8-11(15-16(12)4-2)10-5-7-18-9-10/h5,7-9H,3-4,6H2,1-2H3,(H,14,17). The van der Waals surface area contributed by atoms with Crippen molar-refractivity contribution in [2.75, 3.05) is 6.54 Å². The molecule has 0 aromatic carbocycles. The molecule has 1 N–H and O–H groups in total. The summed E-state index contributed by atoms with van der Waals surface area (Å²) in [6.45, 7) is 5.41. The molecular formula is C13H17N3OS. The van der Waals surface area contributed by atoms with E-state index in [1.807, 2.05) is 36.7 Å². The van der Waals surface area contributed by atoms with Crippen LogP contribution in [-0.4, -0.2) is 22.2 Å². The highest BCUT2D eigenvalue weighted by Crippen LogP contribution is 2.21. The average Bonchev–Trinajstić information content (AvgIpc) is 3.03. The minimum absolute atomic E-state index is 0.0484. The van der Waals surface area contributed by atoms with E-state index in [1.54, 1.807) is 16.0 Å². The number of aromatic nitrogens is 2. The Kier molecular flexibility index (Phi) is 4.15. The number of hydrogen-bond acceptors (Lipinski definition) is 3. The predicted octanol–water partition coefficient (Wildman–Crippen LogP) is 2.77. The molecule has 4 nitrogen and oxygen atoms in total. The lowest BCUT2D eigenvalue weighted by Gasteiger charge is -2.04. The molecule has 0 aliphatic carbocycles. The molecule has 96 valence electrons. The number of nitrogens with zero attached hydrogens (tertiary/aromatic N) is 2. The minimum atomic E-state index is -0.0484. The molecule has 0 bridgehead atoms. The zero-order valence-electron chi connectivity index (χ0n) is 10.6. The van der Waals surface area contributed by atoms with Gasteiger partial charge in [0, 0.05) is 24.0 Å². The first-order valence-corrected chi connectivity index (χ1v) is 7.09. The fraction of sp³-hybridized carbons (Fsp3) is 0.385. The van der Waals surface area contributed by atoms with Crippen molar-refractivity contribution in [3.63, 3.8) is 0 Å². The number of carbonyl (C=O) groups excluding carboxylic acids is 1. The molecule has 0 spiro atoms. The van der Waals surface area contributed by atoms with E-state index < -0.39 is 0 Å². The molecule has 2 rings (SSSR count). The zero-order chi connectivity index (χ0) is 13.0. The van der Waals surface area contributed by atoms with Crippen LogP contribution in [0.25, 0.3) is 11.3 Å². The summed E-state index contributed by atoms with van der Waals surface area (Å²) in [6.07, 6.45) is 0.934. The molecule has 2 aromatic rings. The maximum atomic E-state index is 12.0.